The van der Waals surface area contributed by atoms with Crippen molar-refractivity contribution >= 4 is 17.6 Å². The van der Waals surface area contributed by atoms with Gasteiger partial charge in [-0.25, -0.2) is 9.48 Å². The monoisotopic (exact) mass is 335 g/mol. The molecule has 3 rings (SSSR count). The zero-order valence-corrected chi connectivity index (χ0v) is 13.6. The Balaban J connectivity index is 2.04. The smallest absolute Gasteiger partial charge is 0.316 e. The number of aromatic nitrogens is 2. The molecule has 0 aliphatic rings. The van der Waals surface area contributed by atoms with Gasteiger partial charge >= 0.3 is 6.03 Å². The van der Waals surface area contributed by atoms with Gasteiger partial charge in [-0.2, -0.15) is 5.10 Å². The summed E-state index contributed by atoms with van der Waals surface area (Å²) < 4.78 is 1.48. The predicted octanol–water partition coefficient (Wildman–Crippen LogP) is 2.44. The van der Waals surface area contributed by atoms with Crippen LogP contribution in [0, 0.1) is 6.92 Å². The summed E-state index contributed by atoms with van der Waals surface area (Å²) >= 11 is 0. The Morgan fingerprint density at radius 2 is 1.72 bits per heavy atom. The maximum atomic E-state index is 11.5. The number of rotatable bonds is 4. The number of benzene rings is 2. The lowest BCUT2D eigenvalue weighted by atomic mass is 10.0. The van der Waals surface area contributed by atoms with Crippen molar-refractivity contribution < 1.29 is 9.59 Å². The lowest BCUT2D eigenvalue weighted by Gasteiger charge is -2.06. The van der Waals surface area contributed by atoms with Gasteiger partial charge in [0.25, 0.3) is 5.91 Å². The third kappa shape index (κ3) is 3.50. The lowest BCUT2D eigenvalue weighted by Crippen LogP contribution is -2.22. The Morgan fingerprint density at radius 3 is 2.36 bits per heavy atom. The van der Waals surface area contributed by atoms with Crippen molar-refractivity contribution in [3.8, 4) is 16.8 Å². The van der Waals surface area contributed by atoms with E-state index in [2.05, 4.69) is 16.5 Å². The average Bonchev–Trinajstić information content (AvgIpc) is 2.98. The highest BCUT2D eigenvalue weighted by Crippen LogP contribution is 2.24. The maximum absolute atomic E-state index is 11.5. The zero-order chi connectivity index (χ0) is 18.0. The molecule has 0 atom stereocenters. The van der Waals surface area contributed by atoms with Crippen LogP contribution in [-0.4, -0.2) is 21.7 Å². The molecule has 0 saturated heterocycles. The molecule has 0 aliphatic heterocycles. The van der Waals surface area contributed by atoms with Crippen molar-refractivity contribution in [2.24, 2.45) is 11.5 Å². The Bertz CT molecular complexity index is 962. The molecule has 0 saturated carbocycles. The number of nitrogens with zero attached hydrogens (tertiary/aromatic N) is 2. The largest absolute Gasteiger partial charge is 0.364 e. The third-order valence-electron chi connectivity index (χ3n) is 3.67. The van der Waals surface area contributed by atoms with E-state index in [0.29, 0.717) is 0 Å². The molecule has 0 aliphatic carbocycles. The summed E-state index contributed by atoms with van der Waals surface area (Å²) in [6.45, 7) is 2.03. The SMILES string of the molecule is Cc1cccc(-c2cccc(-n3cc(NC(N)=O)c(C(N)=O)n3)c2)c1. The number of anilines is 1. The molecular weight excluding hydrogens is 318 g/mol. The summed E-state index contributed by atoms with van der Waals surface area (Å²) in [6.07, 6.45) is 1.50. The van der Waals surface area contributed by atoms with Crippen LogP contribution in [0.4, 0.5) is 10.5 Å². The minimum absolute atomic E-state index is 0.0558. The van der Waals surface area contributed by atoms with Gasteiger partial charge in [-0.05, 0) is 30.2 Å². The van der Waals surface area contributed by atoms with E-state index in [1.54, 1.807) is 0 Å². The van der Waals surface area contributed by atoms with Crippen molar-refractivity contribution in [3.63, 3.8) is 0 Å². The molecule has 3 amide bonds. The fourth-order valence-corrected chi connectivity index (χ4v) is 2.56. The van der Waals surface area contributed by atoms with E-state index in [9.17, 15) is 9.59 Å². The molecule has 5 N–H and O–H groups in total. The van der Waals surface area contributed by atoms with Crippen molar-refractivity contribution in [3.05, 3.63) is 66.0 Å². The number of carbonyl (C=O) groups excluding carboxylic acids is 2. The lowest BCUT2D eigenvalue weighted by molar-refractivity contribution is 0.0996. The van der Waals surface area contributed by atoms with Crippen LogP contribution >= 0.6 is 0 Å². The van der Waals surface area contributed by atoms with E-state index >= 15 is 0 Å². The minimum Gasteiger partial charge on any atom is -0.364 e. The van der Waals surface area contributed by atoms with E-state index < -0.39 is 11.9 Å². The standard InChI is InChI=1S/C18H17N5O2/c1-11-4-2-5-12(8-11)13-6-3-7-14(9-13)23-10-15(21-18(20)25)16(22-23)17(19)24/h2-10H,1H3,(H2,19,24)(H3,20,21,25). The summed E-state index contributed by atoms with van der Waals surface area (Å²) in [5, 5.41) is 6.51. The second-order valence-electron chi connectivity index (χ2n) is 5.61. The van der Waals surface area contributed by atoms with Crippen LogP contribution in [0.15, 0.2) is 54.7 Å². The van der Waals surface area contributed by atoms with Crippen molar-refractivity contribution in [2.45, 2.75) is 6.92 Å². The van der Waals surface area contributed by atoms with Crippen LogP contribution in [0.1, 0.15) is 16.1 Å². The van der Waals surface area contributed by atoms with Gasteiger partial charge in [-0.3, -0.25) is 4.79 Å². The van der Waals surface area contributed by atoms with Crippen molar-refractivity contribution in [1.82, 2.24) is 9.78 Å². The third-order valence-corrected chi connectivity index (χ3v) is 3.67. The number of primary amides is 2. The van der Waals surface area contributed by atoms with Gasteiger partial charge in [0.2, 0.25) is 0 Å². The molecule has 1 heterocycles. The van der Waals surface area contributed by atoms with Crippen LogP contribution in [-0.2, 0) is 0 Å². The van der Waals surface area contributed by atoms with Crippen LogP contribution in [0.25, 0.3) is 16.8 Å². The summed E-state index contributed by atoms with van der Waals surface area (Å²) in [5.74, 6) is -0.752. The van der Waals surface area contributed by atoms with E-state index in [-0.39, 0.29) is 11.4 Å². The molecule has 7 heteroatoms. The molecule has 7 nitrogen and oxygen atoms in total. The first-order chi connectivity index (χ1) is 11.9. The van der Waals surface area contributed by atoms with E-state index in [0.717, 1.165) is 22.4 Å². The Morgan fingerprint density at radius 1 is 1.04 bits per heavy atom. The first-order valence-corrected chi connectivity index (χ1v) is 7.57. The second kappa shape index (κ2) is 6.48. The average molecular weight is 335 g/mol. The van der Waals surface area contributed by atoms with Gasteiger partial charge in [0.15, 0.2) is 5.69 Å². The van der Waals surface area contributed by atoms with Crippen molar-refractivity contribution in [2.75, 3.05) is 5.32 Å². The van der Waals surface area contributed by atoms with Crippen LogP contribution in [0.2, 0.25) is 0 Å². The highest BCUT2D eigenvalue weighted by molar-refractivity contribution is 6.00. The van der Waals surface area contributed by atoms with Crippen molar-refractivity contribution in [1.29, 1.82) is 0 Å². The summed E-state index contributed by atoms with van der Waals surface area (Å²) in [7, 11) is 0. The fraction of sp³-hybridized carbons (Fsp3) is 0.0556. The van der Waals surface area contributed by atoms with E-state index in [1.165, 1.54) is 10.9 Å². The van der Waals surface area contributed by atoms with Gasteiger partial charge in [-0.15, -0.1) is 0 Å². The molecule has 126 valence electrons. The Kier molecular flexibility index (Phi) is 4.21. The van der Waals surface area contributed by atoms with Gasteiger partial charge in [0.05, 0.1) is 17.6 Å². The number of aryl methyl sites for hydroxylation is 1. The molecule has 0 bridgehead atoms. The molecule has 2 aromatic carbocycles. The second-order valence-corrected chi connectivity index (χ2v) is 5.61. The molecule has 25 heavy (non-hydrogen) atoms. The molecule has 0 radical (unpaired) electrons. The van der Waals surface area contributed by atoms with Gasteiger partial charge in [-0.1, -0.05) is 42.0 Å². The summed E-state index contributed by atoms with van der Waals surface area (Å²) in [5.41, 5.74) is 14.5. The molecule has 3 aromatic rings. The topological polar surface area (TPSA) is 116 Å². The zero-order valence-electron chi connectivity index (χ0n) is 13.6. The number of hydrogen-bond acceptors (Lipinski definition) is 3. The molecule has 0 spiro atoms. The summed E-state index contributed by atoms with van der Waals surface area (Å²) in [6, 6.07) is 15.0. The highest BCUT2D eigenvalue weighted by atomic mass is 16.2. The number of urea groups is 1. The molecule has 1 aromatic heterocycles. The van der Waals surface area contributed by atoms with Crippen LogP contribution < -0.4 is 16.8 Å². The number of nitrogens with one attached hydrogen (secondary N) is 1. The van der Waals surface area contributed by atoms with Crippen LogP contribution in [0.3, 0.4) is 0 Å². The molecule has 0 unspecified atom stereocenters. The van der Waals surface area contributed by atoms with Gasteiger partial charge in [0, 0.05) is 0 Å². The van der Waals surface area contributed by atoms with Gasteiger partial charge < -0.3 is 16.8 Å². The molecular formula is C18H17N5O2. The normalized spacial score (nSPS) is 10.4. The Hall–Kier alpha value is -3.61. The minimum atomic E-state index is -0.796. The number of hydrogen-bond donors (Lipinski definition) is 3. The quantitative estimate of drug-likeness (QED) is 0.680. The predicted molar refractivity (Wildman–Crippen MR) is 95.5 cm³/mol. The van der Waals surface area contributed by atoms with E-state index in [1.807, 2.05) is 49.4 Å². The highest BCUT2D eigenvalue weighted by Gasteiger charge is 2.16. The number of amides is 3. The number of carbonyl (C=O) groups is 2. The fourth-order valence-electron chi connectivity index (χ4n) is 2.56. The first-order valence-electron chi connectivity index (χ1n) is 7.57. The Labute approximate surface area is 144 Å². The van der Waals surface area contributed by atoms with Crippen LogP contribution in [0.5, 0.6) is 0 Å². The van der Waals surface area contributed by atoms with Gasteiger partial charge in [0.1, 0.15) is 0 Å². The maximum Gasteiger partial charge on any atom is 0.316 e. The molecule has 0 fully saturated rings. The first kappa shape index (κ1) is 16.3. The summed E-state index contributed by atoms with van der Waals surface area (Å²) in [4.78, 5) is 22.6. The van der Waals surface area contributed by atoms with E-state index in [4.69, 9.17) is 11.5 Å². The number of nitrogens with two attached hydrogens (primary N) is 2.